The van der Waals surface area contributed by atoms with E-state index < -0.39 is 0 Å². The van der Waals surface area contributed by atoms with Crippen molar-refractivity contribution >= 4 is 11.6 Å². The summed E-state index contributed by atoms with van der Waals surface area (Å²) in [5.41, 5.74) is 1.22. The Bertz CT molecular complexity index is 659. The topological polar surface area (TPSA) is 52.8 Å². The summed E-state index contributed by atoms with van der Waals surface area (Å²) < 4.78 is 5.33. The van der Waals surface area contributed by atoms with Gasteiger partial charge >= 0.3 is 0 Å². The first-order chi connectivity index (χ1) is 12.3. The molecule has 2 N–H and O–H groups in total. The van der Waals surface area contributed by atoms with E-state index in [9.17, 15) is 0 Å². The fourth-order valence-electron chi connectivity index (χ4n) is 2.38. The minimum atomic E-state index is 0.455. The molecule has 0 fully saturated rings. The van der Waals surface area contributed by atoms with Gasteiger partial charge in [-0.25, -0.2) is 0 Å². The molecule has 0 atom stereocenters. The standard InChI is InChI=1S/C20H26N4O/c1-3-13-21-20(23-15-12-19-11-7-17-25-19)22-14-8-16-24(2)18-9-5-4-6-10-18/h1,4-7,9-11,17H,8,12-16H2,2H3,(H2,21,22,23). The monoisotopic (exact) mass is 338 g/mol. The van der Waals surface area contributed by atoms with Crippen LogP contribution in [0, 0.1) is 12.3 Å². The molecular formula is C20H26N4O. The number of terminal acetylenes is 1. The smallest absolute Gasteiger partial charge is 0.192 e. The molecule has 0 amide bonds. The fraction of sp³-hybridized carbons (Fsp3) is 0.350. The van der Waals surface area contributed by atoms with Crippen LogP contribution in [-0.4, -0.2) is 39.2 Å². The van der Waals surface area contributed by atoms with Crippen LogP contribution >= 0.6 is 0 Å². The van der Waals surface area contributed by atoms with E-state index in [0.717, 1.165) is 44.2 Å². The van der Waals surface area contributed by atoms with E-state index in [0.29, 0.717) is 6.54 Å². The van der Waals surface area contributed by atoms with Crippen LogP contribution < -0.4 is 15.5 Å². The molecular weight excluding hydrogens is 312 g/mol. The molecule has 0 aliphatic rings. The lowest BCUT2D eigenvalue weighted by molar-refractivity contribution is 0.507. The van der Waals surface area contributed by atoms with Gasteiger partial charge in [-0.3, -0.25) is 4.99 Å². The van der Waals surface area contributed by atoms with Gasteiger partial charge in [-0.15, -0.1) is 6.42 Å². The van der Waals surface area contributed by atoms with E-state index in [-0.39, 0.29) is 0 Å². The quantitative estimate of drug-likeness (QED) is 0.319. The summed E-state index contributed by atoms with van der Waals surface area (Å²) in [5.74, 6) is 4.27. The Balaban J connectivity index is 1.73. The maximum atomic E-state index is 5.33. The number of rotatable bonds is 9. The van der Waals surface area contributed by atoms with Gasteiger partial charge in [-0.1, -0.05) is 24.1 Å². The normalized spacial score (nSPS) is 11.0. The number of para-hydroxylation sites is 1. The van der Waals surface area contributed by atoms with Crippen LogP contribution in [0.2, 0.25) is 0 Å². The summed E-state index contributed by atoms with van der Waals surface area (Å²) in [6, 6.07) is 14.2. The molecule has 1 aromatic carbocycles. The van der Waals surface area contributed by atoms with Gasteiger partial charge in [0.2, 0.25) is 0 Å². The number of benzene rings is 1. The molecule has 0 saturated heterocycles. The minimum Gasteiger partial charge on any atom is -0.469 e. The third kappa shape index (κ3) is 7.05. The highest BCUT2D eigenvalue weighted by Gasteiger charge is 2.01. The number of nitrogens with one attached hydrogen (secondary N) is 2. The van der Waals surface area contributed by atoms with Crippen LogP contribution in [0.5, 0.6) is 0 Å². The third-order valence-corrected chi connectivity index (χ3v) is 3.72. The number of guanidine groups is 1. The predicted molar refractivity (Wildman–Crippen MR) is 104 cm³/mol. The predicted octanol–water partition coefficient (Wildman–Crippen LogP) is 2.52. The number of aliphatic imine (C=N–C) groups is 1. The van der Waals surface area contributed by atoms with Crippen molar-refractivity contribution in [3.63, 3.8) is 0 Å². The van der Waals surface area contributed by atoms with Crippen LogP contribution in [0.4, 0.5) is 5.69 Å². The summed E-state index contributed by atoms with van der Waals surface area (Å²) in [6.45, 7) is 2.88. The fourth-order valence-corrected chi connectivity index (χ4v) is 2.38. The number of anilines is 1. The molecule has 5 nitrogen and oxygen atoms in total. The Morgan fingerprint density at radius 3 is 2.76 bits per heavy atom. The second-order valence-electron chi connectivity index (χ2n) is 5.65. The molecule has 0 unspecified atom stereocenters. The molecule has 0 aliphatic heterocycles. The Morgan fingerprint density at radius 1 is 1.20 bits per heavy atom. The van der Waals surface area contributed by atoms with Crippen LogP contribution in [0.25, 0.3) is 0 Å². The van der Waals surface area contributed by atoms with Gasteiger partial charge in [-0.2, -0.15) is 0 Å². The van der Waals surface area contributed by atoms with Gasteiger partial charge in [0.15, 0.2) is 5.96 Å². The SMILES string of the molecule is C#CCNC(=NCCCN(C)c1ccccc1)NCCc1ccco1. The molecule has 1 heterocycles. The van der Waals surface area contributed by atoms with Crippen molar-refractivity contribution in [1.29, 1.82) is 0 Å². The lowest BCUT2D eigenvalue weighted by Gasteiger charge is -2.18. The highest BCUT2D eigenvalue weighted by molar-refractivity contribution is 5.80. The minimum absolute atomic E-state index is 0.455. The number of furan rings is 1. The first-order valence-corrected chi connectivity index (χ1v) is 8.54. The van der Waals surface area contributed by atoms with Crippen molar-refractivity contribution in [1.82, 2.24) is 10.6 Å². The molecule has 2 rings (SSSR count). The molecule has 132 valence electrons. The van der Waals surface area contributed by atoms with E-state index in [2.05, 4.69) is 57.8 Å². The van der Waals surface area contributed by atoms with E-state index in [1.165, 1.54) is 5.69 Å². The Morgan fingerprint density at radius 2 is 2.04 bits per heavy atom. The molecule has 0 saturated carbocycles. The summed E-state index contributed by atoms with van der Waals surface area (Å²) >= 11 is 0. The van der Waals surface area contributed by atoms with Crippen LogP contribution in [0.15, 0.2) is 58.1 Å². The summed E-state index contributed by atoms with van der Waals surface area (Å²) in [6.07, 6.45) is 8.78. The summed E-state index contributed by atoms with van der Waals surface area (Å²) in [4.78, 5) is 6.82. The van der Waals surface area contributed by atoms with Gasteiger partial charge in [0, 0.05) is 38.8 Å². The number of nitrogens with zero attached hydrogens (tertiary/aromatic N) is 2. The van der Waals surface area contributed by atoms with Gasteiger partial charge in [0.25, 0.3) is 0 Å². The van der Waals surface area contributed by atoms with E-state index in [4.69, 9.17) is 10.8 Å². The Labute approximate surface area is 150 Å². The lowest BCUT2D eigenvalue weighted by Crippen LogP contribution is -2.38. The zero-order chi connectivity index (χ0) is 17.7. The Hall–Kier alpha value is -2.87. The Kier molecular flexibility index (Phi) is 7.99. The first-order valence-electron chi connectivity index (χ1n) is 8.54. The zero-order valence-corrected chi connectivity index (χ0v) is 14.7. The maximum absolute atomic E-state index is 5.33. The molecule has 2 aromatic rings. The van der Waals surface area contributed by atoms with Crippen LogP contribution in [0.1, 0.15) is 12.2 Å². The van der Waals surface area contributed by atoms with Crippen molar-refractivity contribution in [2.75, 3.05) is 38.1 Å². The van der Waals surface area contributed by atoms with E-state index in [1.54, 1.807) is 6.26 Å². The highest BCUT2D eigenvalue weighted by Crippen LogP contribution is 2.10. The molecule has 0 spiro atoms. The molecule has 0 aliphatic carbocycles. The van der Waals surface area contributed by atoms with Crippen molar-refractivity contribution in [2.45, 2.75) is 12.8 Å². The number of hydrogen-bond donors (Lipinski definition) is 2. The van der Waals surface area contributed by atoms with E-state index >= 15 is 0 Å². The van der Waals surface area contributed by atoms with Crippen LogP contribution in [-0.2, 0) is 6.42 Å². The molecule has 25 heavy (non-hydrogen) atoms. The molecule has 1 aromatic heterocycles. The first kappa shape index (κ1) is 18.5. The maximum Gasteiger partial charge on any atom is 0.192 e. The van der Waals surface area contributed by atoms with Crippen LogP contribution in [0.3, 0.4) is 0 Å². The number of hydrogen-bond acceptors (Lipinski definition) is 3. The van der Waals surface area contributed by atoms with Gasteiger partial charge < -0.3 is 20.0 Å². The van der Waals surface area contributed by atoms with Crippen molar-refractivity contribution in [2.24, 2.45) is 4.99 Å². The molecule has 0 radical (unpaired) electrons. The zero-order valence-electron chi connectivity index (χ0n) is 14.7. The second-order valence-corrected chi connectivity index (χ2v) is 5.65. The second kappa shape index (κ2) is 10.8. The third-order valence-electron chi connectivity index (χ3n) is 3.72. The highest BCUT2D eigenvalue weighted by atomic mass is 16.3. The average molecular weight is 338 g/mol. The molecule has 0 bridgehead atoms. The molecule has 5 heteroatoms. The summed E-state index contributed by atoms with van der Waals surface area (Å²) in [5, 5.41) is 6.41. The van der Waals surface area contributed by atoms with Gasteiger partial charge in [-0.05, 0) is 30.7 Å². The van der Waals surface area contributed by atoms with Gasteiger partial charge in [0.05, 0.1) is 12.8 Å². The lowest BCUT2D eigenvalue weighted by atomic mass is 10.3. The van der Waals surface area contributed by atoms with Crippen molar-refractivity contribution < 1.29 is 4.42 Å². The average Bonchev–Trinajstić information content (AvgIpc) is 3.16. The largest absolute Gasteiger partial charge is 0.469 e. The van der Waals surface area contributed by atoms with Gasteiger partial charge in [0.1, 0.15) is 5.76 Å². The van der Waals surface area contributed by atoms with Crippen molar-refractivity contribution in [3.05, 3.63) is 54.5 Å². The van der Waals surface area contributed by atoms with E-state index in [1.807, 2.05) is 18.2 Å². The summed E-state index contributed by atoms with van der Waals surface area (Å²) in [7, 11) is 2.10. The van der Waals surface area contributed by atoms with Crippen molar-refractivity contribution in [3.8, 4) is 12.3 Å².